The van der Waals surface area contributed by atoms with Gasteiger partial charge in [-0.25, -0.2) is 4.98 Å². The van der Waals surface area contributed by atoms with Crippen molar-refractivity contribution in [1.29, 1.82) is 0 Å². The highest BCUT2D eigenvalue weighted by Crippen LogP contribution is 2.35. The molecule has 15 heteroatoms. The lowest BCUT2D eigenvalue weighted by Gasteiger charge is -2.39. The molecule has 3 aromatic heterocycles. The Morgan fingerprint density at radius 2 is 1.78 bits per heavy atom. The Morgan fingerprint density at radius 3 is 2.47 bits per heavy atom. The molecule has 5 heterocycles. The molecule has 5 aromatic rings. The second-order valence-electron chi connectivity index (χ2n) is 16.6. The fraction of sp³-hybridized carbons (Fsp3) is 0.409. The van der Waals surface area contributed by atoms with Crippen LogP contribution >= 0.6 is 11.3 Å². The monoisotopic (exact) mass is 817 g/mol. The van der Waals surface area contributed by atoms with Crippen molar-refractivity contribution in [2.75, 3.05) is 19.6 Å². The Morgan fingerprint density at radius 1 is 1.03 bits per heavy atom. The number of phenolic OH excluding ortho intramolecular Hbond substituents is 1. The van der Waals surface area contributed by atoms with E-state index in [1.54, 1.807) is 29.5 Å². The summed E-state index contributed by atoms with van der Waals surface area (Å²) in [5, 5.41) is 25.8. The van der Waals surface area contributed by atoms with Gasteiger partial charge in [0.1, 0.15) is 17.8 Å². The van der Waals surface area contributed by atoms with Crippen molar-refractivity contribution in [1.82, 2.24) is 40.6 Å². The number of amides is 4. The Hall–Kier alpha value is -5.96. The molecule has 0 saturated carbocycles. The van der Waals surface area contributed by atoms with E-state index in [4.69, 9.17) is 0 Å². The minimum atomic E-state index is -0.874. The minimum Gasteiger partial charge on any atom is -0.507 e. The maximum absolute atomic E-state index is 14.2. The molecule has 2 aromatic carbocycles. The summed E-state index contributed by atoms with van der Waals surface area (Å²) in [6.07, 6.45) is 3.75. The average Bonchev–Trinajstić information content (AvgIpc) is 3.95. The van der Waals surface area contributed by atoms with Crippen LogP contribution in [0.2, 0.25) is 0 Å². The third-order valence-corrected chi connectivity index (χ3v) is 12.3. The molecule has 2 aliphatic heterocycles. The standard InChI is InChI=1S/C44H51N9O5S/c1-26-39(59-25-48-26)28-16-14-27(15-17-28)20-47-42(57)35-18-30(45-5)24-53(35)43(58)40(44(2,3)4)49-37(55)12-8-9-13-38(56)52-22-29(23-52)33-21-46-41-32(33)19-34(50-51-41)31-10-6-7-11-36(31)54/h6-7,10-11,14-17,19,21,25,29-30,35,40,54H,5,8-9,12-13,18,20,22-24H2,1-4H3,(H,46,51)(H,47,57)(H,49,55)/t30-,35+,40-/m1/s1. The van der Waals surface area contributed by atoms with Crippen LogP contribution in [0.3, 0.4) is 0 Å². The molecular weight excluding hydrogens is 767 g/mol. The van der Waals surface area contributed by atoms with Crippen molar-refractivity contribution in [2.24, 2.45) is 10.4 Å². The second kappa shape index (κ2) is 17.5. The first-order valence-electron chi connectivity index (χ1n) is 20.0. The van der Waals surface area contributed by atoms with Crippen LogP contribution in [0, 0.1) is 12.3 Å². The summed E-state index contributed by atoms with van der Waals surface area (Å²) in [5.74, 6) is -0.588. The molecule has 308 valence electrons. The number of thiazole rings is 1. The number of fused-ring (bicyclic) bond motifs is 1. The van der Waals surface area contributed by atoms with Crippen LogP contribution in [-0.2, 0) is 25.7 Å². The quantitative estimate of drug-likeness (QED) is 0.0804. The number of phenols is 1. The van der Waals surface area contributed by atoms with Crippen molar-refractivity contribution in [3.63, 3.8) is 0 Å². The second-order valence-corrected chi connectivity index (χ2v) is 17.4. The van der Waals surface area contributed by atoms with Gasteiger partial charge in [0, 0.05) is 68.5 Å². The van der Waals surface area contributed by atoms with Gasteiger partial charge in [-0.2, -0.15) is 0 Å². The fourth-order valence-electron chi connectivity index (χ4n) is 7.85. The van der Waals surface area contributed by atoms with Crippen molar-refractivity contribution in [2.45, 2.75) is 90.4 Å². The van der Waals surface area contributed by atoms with Crippen LogP contribution in [0.1, 0.15) is 75.6 Å². The topological polar surface area (TPSA) is 186 Å². The fourth-order valence-corrected chi connectivity index (χ4v) is 8.66. The van der Waals surface area contributed by atoms with E-state index in [0.29, 0.717) is 62.2 Å². The molecule has 3 atom stereocenters. The molecule has 4 amide bonds. The summed E-state index contributed by atoms with van der Waals surface area (Å²) in [5.41, 5.74) is 7.03. The van der Waals surface area contributed by atoms with Crippen LogP contribution in [0.5, 0.6) is 5.75 Å². The van der Waals surface area contributed by atoms with Crippen molar-refractivity contribution in [3.8, 4) is 27.4 Å². The van der Waals surface area contributed by atoms with Gasteiger partial charge < -0.3 is 30.5 Å². The maximum Gasteiger partial charge on any atom is 0.246 e. The lowest BCUT2D eigenvalue weighted by Crippen LogP contribution is -2.57. The number of hydrogen-bond donors (Lipinski definition) is 4. The highest BCUT2D eigenvalue weighted by molar-refractivity contribution is 7.13. The molecule has 0 aliphatic carbocycles. The summed E-state index contributed by atoms with van der Waals surface area (Å²) in [6.45, 7) is 13.0. The first-order valence-corrected chi connectivity index (χ1v) is 20.9. The molecule has 0 radical (unpaired) electrons. The normalized spacial score (nSPS) is 17.4. The third-order valence-electron chi connectivity index (χ3n) is 11.3. The molecule has 0 bridgehead atoms. The summed E-state index contributed by atoms with van der Waals surface area (Å²) in [7, 11) is 0. The van der Waals surface area contributed by atoms with Gasteiger partial charge in [0.2, 0.25) is 23.6 Å². The number of nitrogens with one attached hydrogen (secondary N) is 3. The minimum absolute atomic E-state index is 0.0331. The van der Waals surface area contributed by atoms with Crippen molar-refractivity contribution in [3.05, 3.63) is 83.1 Å². The lowest BCUT2D eigenvalue weighted by atomic mass is 9.85. The molecular formula is C44H51N9O5S. The largest absolute Gasteiger partial charge is 0.507 e. The molecule has 14 nitrogen and oxygen atoms in total. The van der Waals surface area contributed by atoms with Crippen LogP contribution in [0.4, 0.5) is 0 Å². The van der Waals surface area contributed by atoms with E-state index in [1.807, 2.05) is 80.7 Å². The van der Waals surface area contributed by atoms with E-state index >= 15 is 0 Å². The number of aliphatic imine (C=N–C) groups is 1. The number of carbonyl (C=O) groups excluding carboxylic acids is 4. The highest BCUT2D eigenvalue weighted by Gasteiger charge is 2.44. The van der Waals surface area contributed by atoms with Gasteiger partial charge in [-0.1, -0.05) is 57.2 Å². The van der Waals surface area contributed by atoms with Gasteiger partial charge in [0.25, 0.3) is 0 Å². The number of aromatic nitrogens is 4. The van der Waals surface area contributed by atoms with E-state index in [9.17, 15) is 24.3 Å². The van der Waals surface area contributed by atoms with Gasteiger partial charge in [-0.3, -0.25) is 24.2 Å². The number of carbonyl (C=O) groups is 4. The third kappa shape index (κ3) is 9.20. The van der Waals surface area contributed by atoms with Gasteiger partial charge in [0.05, 0.1) is 27.8 Å². The summed E-state index contributed by atoms with van der Waals surface area (Å²) < 4.78 is 0. The van der Waals surface area contributed by atoms with Crippen molar-refractivity contribution < 1.29 is 24.3 Å². The highest BCUT2D eigenvalue weighted by atomic mass is 32.1. The summed E-state index contributed by atoms with van der Waals surface area (Å²) in [4.78, 5) is 70.2. The van der Waals surface area contributed by atoms with Crippen LogP contribution in [0.25, 0.3) is 32.7 Å². The zero-order chi connectivity index (χ0) is 41.8. The number of benzene rings is 2. The van der Waals surface area contributed by atoms with Gasteiger partial charge in [-0.05, 0) is 66.8 Å². The van der Waals surface area contributed by atoms with E-state index in [-0.39, 0.29) is 54.3 Å². The predicted molar refractivity (Wildman–Crippen MR) is 228 cm³/mol. The van der Waals surface area contributed by atoms with Gasteiger partial charge in [-0.15, -0.1) is 21.5 Å². The number of hydrogen-bond acceptors (Lipinski definition) is 10. The number of likely N-dealkylation sites (tertiary alicyclic amines) is 2. The van der Waals surface area contributed by atoms with Crippen LogP contribution in [-0.4, -0.2) is 103 Å². The average molecular weight is 818 g/mol. The SMILES string of the molecule is C=N[C@@H]1C[C@@H](C(=O)NCc2ccc(-c3scnc3C)cc2)N(C(=O)[C@@H](NC(=O)CCCCC(=O)N2CC(c3c[nH]c4nnc(-c5ccccc5O)cc34)C2)C(C)(C)C)C1. The number of aromatic hydroxyl groups is 1. The number of H-pyrrole nitrogens is 1. The first-order chi connectivity index (χ1) is 28.3. The molecule has 0 unspecified atom stereocenters. The van der Waals surface area contributed by atoms with E-state index < -0.39 is 17.5 Å². The number of aromatic amines is 1. The zero-order valence-electron chi connectivity index (χ0n) is 33.9. The molecule has 2 saturated heterocycles. The van der Waals surface area contributed by atoms with Crippen molar-refractivity contribution >= 4 is 52.7 Å². The molecule has 0 spiro atoms. The van der Waals surface area contributed by atoms with E-state index in [1.165, 1.54) is 4.90 Å². The molecule has 59 heavy (non-hydrogen) atoms. The van der Waals surface area contributed by atoms with E-state index in [0.717, 1.165) is 32.6 Å². The Kier molecular flexibility index (Phi) is 12.2. The van der Waals surface area contributed by atoms with Gasteiger partial charge in [0.15, 0.2) is 5.65 Å². The van der Waals surface area contributed by atoms with Gasteiger partial charge >= 0.3 is 0 Å². The first kappa shape index (κ1) is 41.2. The number of rotatable bonds is 14. The van der Waals surface area contributed by atoms with E-state index in [2.05, 4.69) is 42.5 Å². The number of unbranched alkanes of at least 4 members (excludes halogenated alkanes) is 1. The Labute approximate surface area is 347 Å². The molecule has 2 fully saturated rings. The van der Waals surface area contributed by atoms with Crippen LogP contribution in [0.15, 0.2) is 71.3 Å². The smallest absolute Gasteiger partial charge is 0.246 e. The number of para-hydroxylation sites is 1. The lowest BCUT2D eigenvalue weighted by molar-refractivity contribution is -0.144. The zero-order valence-corrected chi connectivity index (χ0v) is 34.7. The Bertz CT molecular complexity index is 2340. The molecule has 4 N–H and O–H groups in total. The number of nitrogens with zero attached hydrogens (tertiary/aromatic N) is 6. The number of aryl methyl sites for hydroxylation is 1. The maximum atomic E-state index is 14.2. The van der Waals surface area contributed by atoms with Crippen LogP contribution < -0.4 is 10.6 Å². The Balaban J connectivity index is 0.880. The predicted octanol–water partition coefficient (Wildman–Crippen LogP) is 5.77. The summed E-state index contributed by atoms with van der Waals surface area (Å²) >= 11 is 1.58. The molecule has 7 rings (SSSR count). The molecule has 2 aliphatic rings. The summed E-state index contributed by atoms with van der Waals surface area (Å²) in [6, 6.07) is 15.0.